The highest BCUT2D eigenvalue weighted by atomic mass is 35.5. The molecule has 5 nitrogen and oxygen atoms in total. The van der Waals surface area contributed by atoms with Crippen LogP contribution in [-0.4, -0.2) is 31.0 Å². The highest BCUT2D eigenvalue weighted by Gasteiger charge is 2.43. The monoisotopic (exact) mass is 431 g/mol. The zero-order valence-corrected chi connectivity index (χ0v) is 16.9. The summed E-state index contributed by atoms with van der Waals surface area (Å²) in [5.41, 5.74) is -1.02. The number of nitrogens with one attached hydrogen (secondary N) is 1. The predicted octanol–water partition coefficient (Wildman–Crippen LogP) is 4.29. The van der Waals surface area contributed by atoms with Crippen molar-refractivity contribution < 1.29 is 32.2 Å². The molecule has 1 aliphatic rings. The molecule has 0 bridgehead atoms. The Kier molecular flexibility index (Phi) is 7.35. The summed E-state index contributed by atoms with van der Waals surface area (Å²) < 4.78 is 51.3. The number of carbonyl (C=O) groups is 2. The molecular weight excluding hydrogens is 411 g/mol. The Morgan fingerprint density at radius 3 is 2.14 bits per heavy atom. The van der Waals surface area contributed by atoms with Gasteiger partial charge in [0.05, 0.1) is 41.7 Å². The summed E-state index contributed by atoms with van der Waals surface area (Å²) in [6.45, 7) is 4.69. The third-order valence-electron chi connectivity index (χ3n) is 4.35. The Balaban J connectivity index is 2.83. The summed E-state index contributed by atoms with van der Waals surface area (Å²) in [5, 5.41) is 2.85. The lowest BCUT2D eigenvalue weighted by atomic mass is 9.78. The number of benzene rings is 1. The number of hydrogen-bond acceptors (Lipinski definition) is 5. The maximum Gasteiger partial charge on any atom is 0.416 e. The lowest BCUT2D eigenvalue weighted by Crippen LogP contribution is -2.34. The van der Waals surface area contributed by atoms with Gasteiger partial charge in [0, 0.05) is 11.4 Å². The van der Waals surface area contributed by atoms with Crippen LogP contribution in [0, 0.1) is 0 Å². The van der Waals surface area contributed by atoms with E-state index >= 15 is 0 Å². The number of carbonyl (C=O) groups excluding carboxylic acids is 2. The first kappa shape index (κ1) is 22.8. The van der Waals surface area contributed by atoms with Gasteiger partial charge in [-0.05, 0) is 32.4 Å². The molecule has 1 unspecified atom stereocenters. The number of hydrogen-bond donors (Lipinski definition) is 1. The summed E-state index contributed by atoms with van der Waals surface area (Å²) in [6.07, 6.45) is -4.70. The molecule has 0 fully saturated rings. The van der Waals surface area contributed by atoms with E-state index in [1.54, 1.807) is 13.8 Å². The van der Waals surface area contributed by atoms with Crippen molar-refractivity contribution in [2.75, 3.05) is 19.1 Å². The molecule has 0 spiro atoms. The fourth-order valence-electron chi connectivity index (χ4n) is 3.25. The van der Waals surface area contributed by atoms with Crippen molar-refractivity contribution >= 4 is 23.5 Å². The second kappa shape index (κ2) is 9.35. The third-order valence-corrected chi connectivity index (χ3v) is 4.61. The van der Waals surface area contributed by atoms with E-state index in [2.05, 4.69) is 5.32 Å². The Hall–Kier alpha value is -2.48. The van der Waals surface area contributed by atoms with Gasteiger partial charge in [-0.2, -0.15) is 13.2 Å². The van der Waals surface area contributed by atoms with Gasteiger partial charge in [-0.25, -0.2) is 9.59 Å². The van der Waals surface area contributed by atoms with Gasteiger partial charge in [-0.1, -0.05) is 18.2 Å². The number of rotatable bonds is 6. The van der Waals surface area contributed by atoms with Gasteiger partial charge in [0.2, 0.25) is 0 Å². The quantitative estimate of drug-likeness (QED) is 0.538. The van der Waals surface area contributed by atoms with Crippen LogP contribution >= 0.6 is 11.6 Å². The van der Waals surface area contributed by atoms with Crippen molar-refractivity contribution in [1.82, 2.24) is 5.32 Å². The zero-order valence-electron chi connectivity index (χ0n) is 16.2. The fourth-order valence-corrected chi connectivity index (χ4v) is 3.46. The number of esters is 2. The number of dihydropyridines is 1. The first-order chi connectivity index (χ1) is 13.7. The standard InChI is InChI=1S/C20H21ClF3NO4/c1-4-28-18(26)15-11(3)25-14(10-21)17(19(27)29-5-2)16(15)12-8-6-7-9-13(12)20(22,23)24/h6-9,16,25H,4-5,10H2,1-3H3. The van der Waals surface area contributed by atoms with Crippen molar-refractivity contribution in [1.29, 1.82) is 0 Å². The van der Waals surface area contributed by atoms with Crippen LogP contribution in [0.2, 0.25) is 0 Å². The van der Waals surface area contributed by atoms with E-state index in [-0.39, 0.29) is 47.2 Å². The molecule has 1 N–H and O–H groups in total. The van der Waals surface area contributed by atoms with Gasteiger partial charge in [0.15, 0.2) is 0 Å². The minimum absolute atomic E-state index is 0.00295. The summed E-state index contributed by atoms with van der Waals surface area (Å²) in [4.78, 5) is 25.4. The maximum absolute atomic E-state index is 13.7. The lowest BCUT2D eigenvalue weighted by molar-refractivity contribution is -0.142. The number of halogens is 4. The molecule has 0 aliphatic carbocycles. The SMILES string of the molecule is CCOC(=O)C1=C(C)NC(CCl)=C(C(=O)OCC)C1c1ccccc1C(F)(F)F. The van der Waals surface area contributed by atoms with Crippen molar-refractivity contribution in [3.8, 4) is 0 Å². The fraction of sp³-hybridized carbons (Fsp3) is 0.400. The first-order valence-corrected chi connectivity index (χ1v) is 9.47. The molecule has 0 saturated carbocycles. The minimum atomic E-state index is -4.70. The topological polar surface area (TPSA) is 64.6 Å². The van der Waals surface area contributed by atoms with Crippen LogP contribution in [-0.2, 0) is 25.2 Å². The van der Waals surface area contributed by atoms with Crippen molar-refractivity contribution in [3.63, 3.8) is 0 Å². The molecule has 0 saturated heterocycles. The minimum Gasteiger partial charge on any atom is -0.463 e. The van der Waals surface area contributed by atoms with E-state index in [1.807, 2.05) is 0 Å². The number of alkyl halides is 4. The van der Waals surface area contributed by atoms with E-state index in [9.17, 15) is 22.8 Å². The van der Waals surface area contributed by atoms with Crippen LogP contribution in [0.4, 0.5) is 13.2 Å². The van der Waals surface area contributed by atoms with Crippen LogP contribution in [0.5, 0.6) is 0 Å². The molecule has 9 heteroatoms. The van der Waals surface area contributed by atoms with E-state index < -0.39 is 29.6 Å². The molecule has 0 radical (unpaired) electrons. The van der Waals surface area contributed by atoms with Gasteiger partial charge in [0.25, 0.3) is 0 Å². The van der Waals surface area contributed by atoms with Crippen LogP contribution in [0.3, 0.4) is 0 Å². The van der Waals surface area contributed by atoms with Crippen LogP contribution in [0.15, 0.2) is 46.8 Å². The molecule has 1 aliphatic heterocycles. The van der Waals surface area contributed by atoms with Crippen molar-refractivity contribution in [2.24, 2.45) is 0 Å². The second-order valence-corrected chi connectivity index (χ2v) is 6.42. The molecule has 0 aromatic heterocycles. The largest absolute Gasteiger partial charge is 0.463 e. The highest BCUT2D eigenvalue weighted by molar-refractivity contribution is 6.20. The van der Waals surface area contributed by atoms with Gasteiger partial charge in [0.1, 0.15) is 0 Å². The Bertz CT molecular complexity index is 862. The summed E-state index contributed by atoms with van der Waals surface area (Å²) in [6, 6.07) is 4.78. The van der Waals surface area contributed by atoms with Crippen molar-refractivity contribution in [2.45, 2.75) is 32.9 Å². The Morgan fingerprint density at radius 2 is 1.62 bits per heavy atom. The maximum atomic E-state index is 13.7. The number of allylic oxidation sites excluding steroid dienone is 2. The van der Waals surface area contributed by atoms with Gasteiger partial charge in [-0.3, -0.25) is 0 Å². The molecule has 1 aromatic rings. The smallest absolute Gasteiger partial charge is 0.416 e. The van der Waals surface area contributed by atoms with Gasteiger partial charge >= 0.3 is 18.1 Å². The normalized spacial score (nSPS) is 17.1. The molecule has 2 rings (SSSR count). The average Bonchev–Trinajstić information content (AvgIpc) is 2.66. The predicted molar refractivity (Wildman–Crippen MR) is 101 cm³/mol. The molecular formula is C20H21ClF3NO4. The molecule has 1 aromatic carbocycles. The van der Waals surface area contributed by atoms with Crippen molar-refractivity contribution in [3.05, 3.63) is 57.9 Å². The van der Waals surface area contributed by atoms with E-state index in [0.29, 0.717) is 0 Å². The second-order valence-electron chi connectivity index (χ2n) is 6.15. The molecule has 1 heterocycles. The highest BCUT2D eigenvalue weighted by Crippen LogP contribution is 2.44. The van der Waals surface area contributed by atoms with Crippen LogP contribution < -0.4 is 5.32 Å². The molecule has 158 valence electrons. The molecule has 29 heavy (non-hydrogen) atoms. The van der Waals surface area contributed by atoms with Crippen LogP contribution in [0.1, 0.15) is 37.8 Å². The molecule has 1 atom stereocenters. The molecule has 0 amide bonds. The third kappa shape index (κ3) is 4.75. The van der Waals surface area contributed by atoms with E-state index in [4.69, 9.17) is 21.1 Å². The Morgan fingerprint density at radius 1 is 1.07 bits per heavy atom. The number of ether oxygens (including phenoxy) is 2. The lowest BCUT2D eigenvalue weighted by Gasteiger charge is -2.32. The first-order valence-electron chi connectivity index (χ1n) is 8.94. The van der Waals surface area contributed by atoms with Gasteiger partial charge in [-0.15, -0.1) is 11.6 Å². The Labute approximate surface area is 171 Å². The summed E-state index contributed by atoms with van der Waals surface area (Å²) in [5.74, 6) is -3.21. The summed E-state index contributed by atoms with van der Waals surface area (Å²) >= 11 is 5.97. The van der Waals surface area contributed by atoms with Gasteiger partial charge < -0.3 is 14.8 Å². The zero-order chi connectivity index (χ0) is 21.8. The van der Waals surface area contributed by atoms with Crippen LogP contribution in [0.25, 0.3) is 0 Å². The van der Waals surface area contributed by atoms with E-state index in [1.165, 1.54) is 25.1 Å². The summed E-state index contributed by atoms with van der Waals surface area (Å²) in [7, 11) is 0. The van der Waals surface area contributed by atoms with E-state index in [0.717, 1.165) is 6.07 Å². The average molecular weight is 432 g/mol.